The molecule has 0 unspecified atom stereocenters. The van der Waals surface area contributed by atoms with Gasteiger partial charge in [0.2, 0.25) is 0 Å². The Morgan fingerprint density at radius 2 is 2.33 bits per heavy atom. The van der Waals surface area contributed by atoms with Gasteiger partial charge < -0.3 is 4.98 Å². The molecule has 0 atom stereocenters. The van der Waals surface area contributed by atoms with Crippen molar-refractivity contribution in [2.24, 2.45) is 5.84 Å². The molecule has 0 bridgehead atoms. The van der Waals surface area contributed by atoms with E-state index in [0.717, 1.165) is 0 Å². The van der Waals surface area contributed by atoms with Crippen molar-refractivity contribution in [3.63, 3.8) is 0 Å². The summed E-state index contributed by atoms with van der Waals surface area (Å²) >= 11 is 3.10. The number of nitrogens with two attached hydrogens (primary N) is 1. The Balaban J connectivity index is 3.23. The summed E-state index contributed by atoms with van der Waals surface area (Å²) in [7, 11) is 0. The Morgan fingerprint density at radius 1 is 1.67 bits per heavy atom. The zero-order chi connectivity index (χ0) is 9.14. The highest BCUT2D eigenvalue weighted by molar-refractivity contribution is 9.10. The highest BCUT2D eigenvalue weighted by Crippen LogP contribution is 2.05. The molecule has 0 radical (unpaired) electrons. The minimum absolute atomic E-state index is 0.0214. The average molecular weight is 232 g/mol. The number of hydrogen-bond acceptors (Lipinski definition) is 3. The lowest BCUT2D eigenvalue weighted by molar-refractivity contribution is 0.0952. The third-order valence-corrected chi connectivity index (χ3v) is 1.70. The molecule has 0 saturated carbocycles. The predicted octanol–water partition coefficient (Wildman–Crippen LogP) is -0.259. The first-order valence-electron chi connectivity index (χ1n) is 3.04. The number of pyridine rings is 1. The third kappa shape index (κ3) is 1.72. The lowest BCUT2D eigenvalue weighted by Crippen LogP contribution is -2.34. The molecular weight excluding hydrogens is 226 g/mol. The van der Waals surface area contributed by atoms with Crippen LogP contribution < -0.4 is 16.8 Å². The molecule has 1 aromatic rings. The Bertz CT molecular complexity index is 360. The van der Waals surface area contributed by atoms with Crippen LogP contribution in [0.2, 0.25) is 0 Å². The molecule has 1 aromatic heterocycles. The number of H-pyrrole nitrogens is 1. The minimum atomic E-state index is -0.613. The fourth-order valence-corrected chi connectivity index (χ4v) is 1.05. The van der Waals surface area contributed by atoms with Crippen LogP contribution in [-0.2, 0) is 0 Å². The Hall–Kier alpha value is -1.14. The maximum atomic E-state index is 11.0. The predicted molar refractivity (Wildman–Crippen MR) is 46.4 cm³/mol. The maximum Gasteiger partial charge on any atom is 0.270 e. The van der Waals surface area contributed by atoms with E-state index in [0.29, 0.717) is 4.47 Å². The number of aromatic amines is 1. The summed E-state index contributed by atoms with van der Waals surface area (Å²) in [5.41, 5.74) is 1.38. The van der Waals surface area contributed by atoms with E-state index < -0.39 is 11.5 Å². The molecule has 1 heterocycles. The highest BCUT2D eigenvalue weighted by Gasteiger charge is 2.08. The van der Waals surface area contributed by atoms with Crippen LogP contribution >= 0.6 is 15.9 Å². The summed E-state index contributed by atoms with van der Waals surface area (Å²) in [6.45, 7) is 0. The van der Waals surface area contributed by atoms with E-state index in [2.05, 4.69) is 20.9 Å². The number of rotatable bonds is 1. The number of halogens is 1. The zero-order valence-electron chi connectivity index (χ0n) is 5.93. The van der Waals surface area contributed by atoms with Crippen LogP contribution in [0.5, 0.6) is 0 Å². The normalized spacial score (nSPS) is 9.50. The molecule has 12 heavy (non-hydrogen) atoms. The van der Waals surface area contributed by atoms with Crippen molar-refractivity contribution in [3.05, 3.63) is 32.7 Å². The van der Waals surface area contributed by atoms with Crippen LogP contribution in [0.15, 0.2) is 21.5 Å². The second kappa shape index (κ2) is 3.51. The SMILES string of the molecule is NNC(=O)c1cc(Br)c[nH]c1=O. The van der Waals surface area contributed by atoms with Gasteiger partial charge in [0, 0.05) is 10.7 Å². The molecule has 1 rings (SSSR count). The van der Waals surface area contributed by atoms with E-state index in [4.69, 9.17) is 5.84 Å². The van der Waals surface area contributed by atoms with E-state index in [-0.39, 0.29) is 5.56 Å². The highest BCUT2D eigenvalue weighted by atomic mass is 79.9. The molecule has 4 N–H and O–H groups in total. The minimum Gasteiger partial charge on any atom is -0.327 e. The van der Waals surface area contributed by atoms with Gasteiger partial charge in [-0.1, -0.05) is 0 Å². The molecule has 0 aromatic carbocycles. The van der Waals surface area contributed by atoms with Crippen LogP contribution in [0.4, 0.5) is 0 Å². The fraction of sp³-hybridized carbons (Fsp3) is 0. The summed E-state index contributed by atoms with van der Waals surface area (Å²) in [5, 5.41) is 0. The number of nitrogens with one attached hydrogen (secondary N) is 2. The molecular formula is C6H6BrN3O2. The standard InChI is InChI=1S/C6H6BrN3O2/c7-3-1-4(6(12)10-8)5(11)9-2-3/h1-2H,8H2,(H,9,11)(H,10,12). The summed E-state index contributed by atoms with van der Waals surface area (Å²) in [6.07, 6.45) is 1.44. The van der Waals surface area contributed by atoms with Gasteiger partial charge in [-0.3, -0.25) is 15.0 Å². The van der Waals surface area contributed by atoms with Gasteiger partial charge in [0.15, 0.2) is 0 Å². The summed E-state index contributed by atoms with van der Waals surface area (Å²) in [4.78, 5) is 24.3. The molecule has 0 aliphatic heterocycles. The molecule has 0 aliphatic rings. The molecule has 0 aliphatic carbocycles. The van der Waals surface area contributed by atoms with Crippen LogP contribution in [0.1, 0.15) is 10.4 Å². The molecule has 0 fully saturated rings. The van der Waals surface area contributed by atoms with Crippen molar-refractivity contribution in [3.8, 4) is 0 Å². The Kier molecular flexibility index (Phi) is 2.61. The van der Waals surface area contributed by atoms with Crippen molar-refractivity contribution < 1.29 is 4.79 Å². The van der Waals surface area contributed by atoms with Gasteiger partial charge in [-0.2, -0.15) is 0 Å². The summed E-state index contributed by atoms with van der Waals surface area (Å²) in [6, 6.07) is 1.39. The molecule has 0 spiro atoms. The molecule has 6 heteroatoms. The zero-order valence-corrected chi connectivity index (χ0v) is 7.51. The van der Waals surface area contributed by atoms with Crippen LogP contribution in [0.25, 0.3) is 0 Å². The van der Waals surface area contributed by atoms with Crippen molar-refractivity contribution in [1.82, 2.24) is 10.4 Å². The monoisotopic (exact) mass is 231 g/mol. The second-order valence-corrected chi connectivity index (χ2v) is 2.95. The quantitative estimate of drug-likeness (QED) is 0.354. The first kappa shape index (κ1) is 8.95. The van der Waals surface area contributed by atoms with Gasteiger partial charge in [0.25, 0.3) is 11.5 Å². The largest absolute Gasteiger partial charge is 0.327 e. The number of hydrogen-bond donors (Lipinski definition) is 3. The number of amides is 1. The van der Waals surface area contributed by atoms with Gasteiger partial charge in [0.05, 0.1) is 0 Å². The number of aromatic nitrogens is 1. The Labute approximate surface area is 76.1 Å². The van der Waals surface area contributed by atoms with Crippen LogP contribution in [-0.4, -0.2) is 10.9 Å². The summed E-state index contributed by atoms with van der Waals surface area (Å²) < 4.78 is 0.612. The molecule has 64 valence electrons. The fourth-order valence-electron chi connectivity index (χ4n) is 0.704. The average Bonchev–Trinajstić information content (AvgIpc) is 2.08. The van der Waals surface area contributed by atoms with E-state index in [1.54, 1.807) is 0 Å². The van der Waals surface area contributed by atoms with Gasteiger partial charge in [-0.15, -0.1) is 0 Å². The smallest absolute Gasteiger partial charge is 0.270 e. The van der Waals surface area contributed by atoms with Crippen LogP contribution in [0.3, 0.4) is 0 Å². The van der Waals surface area contributed by atoms with E-state index in [9.17, 15) is 9.59 Å². The van der Waals surface area contributed by atoms with E-state index in [1.165, 1.54) is 12.3 Å². The lowest BCUT2D eigenvalue weighted by Gasteiger charge is -1.97. The number of hydrazine groups is 1. The van der Waals surface area contributed by atoms with Gasteiger partial charge in [-0.05, 0) is 22.0 Å². The number of carbonyl (C=O) groups is 1. The molecule has 1 amide bonds. The summed E-state index contributed by atoms with van der Waals surface area (Å²) in [5.74, 6) is 4.24. The van der Waals surface area contributed by atoms with Gasteiger partial charge >= 0.3 is 0 Å². The molecule has 0 saturated heterocycles. The van der Waals surface area contributed by atoms with Gasteiger partial charge in [-0.25, -0.2) is 5.84 Å². The van der Waals surface area contributed by atoms with Crippen molar-refractivity contribution in [2.75, 3.05) is 0 Å². The topological polar surface area (TPSA) is 88.0 Å². The second-order valence-electron chi connectivity index (χ2n) is 2.03. The van der Waals surface area contributed by atoms with Crippen LogP contribution in [0, 0.1) is 0 Å². The van der Waals surface area contributed by atoms with E-state index >= 15 is 0 Å². The van der Waals surface area contributed by atoms with Crippen molar-refractivity contribution in [2.45, 2.75) is 0 Å². The van der Waals surface area contributed by atoms with Crippen molar-refractivity contribution >= 4 is 21.8 Å². The first-order chi connectivity index (χ1) is 5.65. The van der Waals surface area contributed by atoms with Gasteiger partial charge in [0.1, 0.15) is 5.56 Å². The number of nitrogen functional groups attached to an aromatic ring is 1. The maximum absolute atomic E-state index is 11.0. The number of carbonyl (C=O) groups excluding carboxylic acids is 1. The molecule has 5 nitrogen and oxygen atoms in total. The lowest BCUT2D eigenvalue weighted by atomic mass is 10.3. The Morgan fingerprint density at radius 3 is 2.92 bits per heavy atom. The van der Waals surface area contributed by atoms with Crippen molar-refractivity contribution in [1.29, 1.82) is 0 Å². The third-order valence-electron chi connectivity index (χ3n) is 1.24. The van der Waals surface area contributed by atoms with E-state index in [1.807, 2.05) is 5.43 Å². The first-order valence-corrected chi connectivity index (χ1v) is 3.83.